The fraction of sp³-hybridized carbons (Fsp3) is 0.667. The van der Waals surface area contributed by atoms with Gasteiger partial charge in [-0.05, 0) is 32.1 Å². The number of esters is 1. The van der Waals surface area contributed by atoms with Crippen LogP contribution in [0.2, 0.25) is 0 Å². The van der Waals surface area contributed by atoms with Gasteiger partial charge in [-0.1, -0.05) is 24.4 Å². The lowest BCUT2D eigenvalue weighted by molar-refractivity contribution is -0.153. The molecule has 1 aliphatic carbocycles. The van der Waals surface area contributed by atoms with Gasteiger partial charge in [-0.15, -0.1) is 6.42 Å². The van der Waals surface area contributed by atoms with Crippen molar-refractivity contribution in [2.75, 3.05) is 13.2 Å². The lowest BCUT2D eigenvalue weighted by Gasteiger charge is -2.34. The summed E-state index contributed by atoms with van der Waals surface area (Å²) >= 11 is 6.64. The van der Waals surface area contributed by atoms with Gasteiger partial charge in [-0.25, -0.2) is 9.36 Å². The van der Waals surface area contributed by atoms with Crippen LogP contribution in [0.4, 0.5) is 0 Å². The first-order chi connectivity index (χ1) is 16.1. The highest BCUT2D eigenvalue weighted by atomic mass is 35.5. The Labute approximate surface area is 200 Å². The van der Waals surface area contributed by atoms with Crippen molar-refractivity contribution in [3.8, 4) is 12.3 Å². The first-order valence-electron chi connectivity index (χ1n) is 11.1. The molecule has 1 unspecified atom stereocenters. The molecule has 13 heteroatoms. The molecular weight excluding hydrogens is 491 g/mol. The van der Waals surface area contributed by atoms with Crippen molar-refractivity contribution in [3.05, 3.63) is 33.1 Å². The van der Waals surface area contributed by atoms with E-state index in [1.807, 2.05) is 0 Å². The maximum absolute atomic E-state index is 13.1. The van der Waals surface area contributed by atoms with E-state index in [1.54, 1.807) is 6.92 Å². The van der Waals surface area contributed by atoms with E-state index in [2.05, 4.69) is 10.9 Å². The van der Waals surface area contributed by atoms with E-state index in [0.717, 1.165) is 36.3 Å². The van der Waals surface area contributed by atoms with E-state index in [9.17, 15) is 18.9 Å². The van der Waals surface area contributed by atoms with Crippen molar-refractivity contribution in [3.63, 3.8) is 0 Å². The predicted octanol–water partition coefficient (Wildman–Crippen LogP) is 2.10. The Bertz CT molecular complexity index is 1120. The monoisotopic (exact) mass is 516 g/mol. The number of rotatable bonds is 7. The number of carbonyl (C=O) groups excluding carboxylic acids is 1. The molecule has 2 aliphatic heterocycles. The summed E-state index contributed by atoms with van der Waals surface area (Å²) in [4.78, 5) is 36.2. The second-order valence-corrected chi connectivity index (χ2v) is 10.8. The normalized spacial score (nSPS) is 34.3. The molecule has 2 saturated heterocycles. The number of hydrogen-bond donors (Lipinski definition) is 1. The van der Waals surface area contributed by atoms with Crippen LogP contribution < -0.4 is 11.2 Å². The third-order valence-electron chi connectivity index (χ3n) is 6.17. The second-order valence-electron chi connectivity index (χ2n) is 8.59. The van der Waals surface area contributed by atoms with Crippen LogP contribution in [-0.4, -0.2) is 51.9 Å². The van der Waals surface area contributed by atoms with Crippen LogP contribution in [0.15, 0.2) is 21.9 Å². The Balaban J connectivity index is 1.38. The van der Waals surface area contributed by atoms with E-state index < -0.39 is 48.3 Å². The zero-order valence-corrected chi connectivity index (χ0v) is 20.2. The lowest BCUT2D eigenvalue weighted by Crippen LogP contribution is -2.46. The average Bonchev–Trinajstić information content (AvgIpc) is 3.40. The van der Waals surface area contributed by atoms with E-state index in [-0.39, 0.29) is 31.7 Å². The number of phosphoric acid groups is 1. The van der Waals surface area contributed by atoms with Gasteiger partial charge in [0.05, 0.1) is 19.1 Å². The fourth-order valence-electron chi connectivity index (χ4n) is 4.20. The summed E-state index contributed by atoms with van der Waals surface area (Å²) in [5, 5.41) is 0. The molecule has 1 saturated carbocycles. The molecule has 3 heterocycles. The minimum Gasteiger partial charge on any atom is -0.462 e. The lowest BCUT2D eigenvalue weighted by atomic mass is 9.99. The van der Waals surface area contributed by atoms with Gasteiger partial charge < -0.3 is 9.47 Å². The minimum atomic E-state index is -4.09. The number of terminal acetylenes is 1. The summed E-state index contributed by atoms with van der Waals surface area (Å²) in [6.45, 7) is 1.39. The zero-order chi connectivity index (χ0) is 24.5. The summed E-state index contributed by atoms with van der Waals surface area (Å²) < 4.78 is 41.6. The Hall–Kier alpha value is -1.93. The van der Waals surface area contributed by atoms with E-state index in [0.29, 0.717) is 0 Å². The van der Waals surface area contributed by atoms with Crippen molar-refractivity contribution in [1.82, 2.24) is 9.55 Å². The number of halogens is 1. The molecule has 1 aromatic rings. The van der Waals surface area contributed by atoms with Gasteiger partial charge in [0.25, 0.3) is 5.56 Å². The number of aromatic amines is 1. The van der Waals surface area contributed by atoms with Gasteiger partial charge in [-0.3, -0.25) is 32.7 Å². The van der Waals surface area contributed by atoms with Crippen LogP contribution in [0.5, 0.6) is 0 Å². The topological polar surface area (TPSA) is 135 Å². The predicted molar refractivity (Wildman–Crippen MR) is 119 cm³/mol. The molecule has 11 nitrogen and oxygen atoms in total. The Morgan fingerprint density at radius 2 is 2.18 bits per heavy atom. The fourth-order valence-corrected chi connectivity index (χ4v) is 6.04. The van der Waals surface area contributed by atoms with Crippen LogP contribution in [0.3, 0.4) is 0 Å². The van der Waals surface area contributed by atoms with Crippen LogP contribution >= 0.6 is 19.4 Å². The number of alkyl halides is 1. The number of H-pyrrole nitrogens is 1. The zero-order valence-electron chi connectivity index (χ0n) is 18.5. The molecule has 4 rings (SSSR count). The molecule has 6 atom stereocenters. The molecular formula is C21H26ClN2O9P. The Morgan fingerprint density at radius 1 is 1.44 bits per heavy atom. The number of aromatic nitrogens is 2. The average molecular weight is 517 g/mol. The number of fused-ring (bicyclic) bond motifs is 1. The molecule has 3 fully saturated rings. The Morgan fingerprint density at radius 3 is 2.85 bits per heavy atom. The van der Waals surface area contributed by atoms with Gasteiger partial charge in [-0.2, -0.15) is 0 Å². The number of nitrogens with one attached hydrogen (secondary N) is 1. The molecule has 1 N–H and O–H groups in total. The van der Waals surface area contributed by atoms with Gasteiger partial charge >= 0.3 is 19.5 Å². The summed E-state index contributed by atoms with van der Waals surface area (Å²) in [6.07, 6.45) is 7.71. The Kier molecular flexibility index (Phi) is 7.38. The SMILES string of the molecule is C#C[C@@]1(Cl)[C@@H]2OP(=O)(OCC[C@H](C)C(=O)OC3CCCC3)OC[C@H]2O[C@H]1n1ccc(=O)[nH]c1=O. The van der Waals surface area contributed by atoms with Gasteiger partial charge in [0.15, 0.2) is 11.1 Å². The summed E-state index contributed by atoms with van der Waals surface area (Å²) in [7, 11) is -4.09. The van der Waals surface area contributed by atoms with Gasteiger partial charge in [0.1, 0.15) is 18.3 Å². The van der Waals surface area contributed by atoms with E-state index in [1.165, 1.54) is 6.20 Å². The largest absolute Gasteiger partial charge is 0.475 e. The molecule has 186 valence electrons. The van der Waals surface area contributed by atoms with Crippen LogP contribution in [0, 0.1) is 18.3 Å². The van der Waals surface area contributed by atoms with E-state index >= 15 is 0 Å². The number of carbonyl (C=O) groups is 1. The first-order valence-corrected chi connectivity index (χ1v) is 12.9. The van der Waals surface area contributed by atoms with Crippen molar-refractivity contribution in [1.29, 1.82) is 0 Å². The highest BCUT2D eigenvalue weighted by Crippen LogP contribution is 2.60. The number of hydrogen-bond acceptors (Lipinski definition) is 9. The first kappa shape index (κ1) is 25.2. The molecule has 1 aromatic heterocycles. The van der Waals surface area contributed by atoms with Crippen molar-refractivity contribution >= 4 is 25.4 Å². The standard InChI is InChI=1S/C21H26ClN2O9P/c1-3-21(22)17-15(32-19(21)24-10-8-16(25)23-20(24)27)12-30-34(28,33-17)29-11-9-13(2)18(26)31-14-6-4-5-7-14/h1,8,10,13-15,17,19H,4-7,9,11-12H2,2H3,(H,23,25,27)/t13-,15+,17+,19+,21+,34?/m0/s1. The second kappa shape index (κ2) is 9.97. The van der Waals surface area contributed by atoms with Crippen LogP contribution in [0.25, 0.3) is 0 Å². The third kappa shape index (κ3) is 5.03. The van der Waals surface area contributed by atoms with Gasteiger partial charge in [0.2, 0.25) is 0 Å². The van der Waals surface area contributed by atoms with Crippen molar-refractivity contribution in [2.24, 2.45) is 5.92 Å². The number of ether oxygens (including phenoxy) is 2. The van der Waals surface area contributed by atoms with Crippen molar-refractivity contribution < 1.29 is 32.4 Å². The highest BCUT2D eigenvalue weighted by Gasteiger charge is 2.62. The molecule has 0 aromatic carbocycles. The molecule has 0 amide bonds. The summed E-state index contributed by atoms with van der Waals surface area (Å²) in [5.41, 5.74) is -1.38. The smallest absolute Gasteiger partial charge is 0.462 e. The number of phosphoric ester groups is 1. The molecule has 3 aliphatic rings. The molecule has 34 heavy (non-hydrogen) atoms. The maximum Gasteiger partial charge on any atom is 0.475 e. The summed E-state index contributed by atoms with van der Waals surface area (Å²) in [6, 6.07) is 1.12. The van der Waals surface area contributed by atoms with Crippen LogP contribution in [0.1, 0.15) is 45.3 Å². The minimum absolute atomic E-state index is 0.0398. The van der Waals surface area contributed by atoms with Gasteiger partial charge in [0, 0.05) is 12.3 Å². The van der Waals surface area contributed by atoms with Crippen LogP contribution in [-0.2, 0) is 32.4 Å². The molecule has 0 spiro atoms. The molecule has 0 bridgehead atoms. The van der Waals surface area contributed by atoms with E-state index in [4.69, 9.17) is 41.1 Å². The summed E-state index contributed by atoms with van der Waals surface area (Å²) in [5.74, 6) is 1.57. The quantitative estimate of drug-likeness (QED) is 0.250. The number of nitrogens with zero attached hydrogens (tertiary/aromatic N) is 1. The highest BCUT2D eigenvalue weighted by molar-refractivity contribution is 7.48. The molecule has 0 radical (unpaired) electrons. The third-order valence-corrected chi connectivity index (χ3v) is 8.13. The van der Waals surface area contributed by atoms with Crippen molar-refractivity contribution in [2.45, 2.75) is 68.4 Å². The maximum atomic E-state index is 13.1.